The van der Waals surface area contributed by atoms with Gasteiger partial charge in [-0.1, -0.05) is 6.07 Å². The highest BCUT2D eigenvalue weighted by Gasteiger charge is 2.15. The molecule has 0 aliphatic carbocycles. The van der Waals surface area contributed by atoms with Crippen molar-refractivity contribution in [3.63, 3.8) is 0 Å². The van der Waals surface area contributed by atoms with E-state index in [2.05, 4.69) is 0 Å². The van der Waals surface area contributed by atoms with Crippen LogP contribution in [0.4, 0.5) is 8.78 Å². The molecule has 2 aromatic rings. The van der Waals surface area contributed by atoms with E-state index in [1.807, 2.05) is 6.07 Å². The van der Waals surface area contributed by atoms with Gasteiger partial charge in [0.05, 0.1) is 0 Å². The molecule has 0 N–H and O–H groups in total. The van der Waals surface area contributed by atoms with E-state index in [0.717, 1.165) is 36.7 Å². The number of aryl methyl sites for hydroxylation is 1. The van der Waals surface area contributed by atoms with E-state index in [-0.39, 0.29) is 17.5 Å². The van der Waals surface area contributed by atoms with Crippen LogP contribution in [0.3, 0.4) is 0 Å². The minimum Gasteiger partial charge on any atom is -0.312 e. The summed E-state index contributed by atoms with van der Waals surface area (Å²) in [4.78, 5) is 12.2. The fraction of sp³-hybridized carbons (Fsp3) is 0.267. The summed E-state index contributed by atoms with van der Waals surface area (Å²) >= 11 is 0. The van der Waals surface area contributed by atoms with E-state index < -0.39 is 11.6 Å². The monoisotopic (exact) mass is 261 g/mol. The Kier molecular flexibility index (Phi) is 2.93. The lowest BCUT2D eigenvalue weighted by Crippen LogP contribution is -2.23. The average molecular weight is 261 g/mol. The molecule has 0 unspecified atom stereocenters. The van der Waals surface area contributed by atoms with Crippen molar-refractivity contribution in [1.82, 2.24) is 4.57 Å². The second-order valence-electron chi connectivity index (χ2n) is 4.82. The van der Waals surface area contributed by atoms with Crippen LogP contribution in [0.2, 0.25) is 0 Å². The van der Waals surface area contributed by atoms with Crippen LogP contribution in [0.15, 0.2) is 35.1 Å². The maximum Gasteiger partial charge on any atom is 0.254 e. The lowest BCUT2D eigenvalue weighted by molar-refractivity contribution is 0.588. The van der Waals surface area contributed by atoms with Crippen molar-refractivity contribution in [2.45, 2.75) is 25.8 Å². The Morgan fingerprint density at radius 1 is 1.11 bits per heavy atom. The summed E-state index contributed by atoms with van der Waals surface area (Å²) in [5.74, 6) is -0.969. The zero-order valence-corrected chi connectivity index (χ0v) is 10.3. The molecule has 1 aromatic carbocycles. The zero-order chi connectivity index (χ0) is 13.4. The summed E-state index contributed by atoms with van der Waals surface area (Å²) in [6.07, 6.45) is 2.00. The molecule has 2 nitrogen and oxygen atoms in total. The minimum atomic E-state index is -0.488. The van der Waals surface area contributed by atoms with E-state index in [0.29, 0.717) is 12.1 Å². The molecule has 3 rings (SSSR count). The number of halogens is 2. The van der Waals surface area contributed by atoms with Gasteiger partial charge in [0, 0.05) is 24.2 Å². The van der Waals surface area contributed by atoms with Crippen LogP contribution < -0.4 is 5.56 Å². The number of aromatic nitrogens is 1. The van der Waals surface area contributed by atoms with Crippen LogP contribution in [-0.2, 0) is 19.4 Å². The van der Waals surface area contributed by atoms with Crippen LogP contribution >= 0.6 is 0 Å². The van der Waals surface area contributed by atoms with Gasteiger partial charge in [0.25, 0.3) is 5.56 Å². The highest BCUT2D eigenvalue weighted by molar-refractivity contribution is 5.28. The molecule has 1 aliphatic rings. The van der Waals surface area contributed by atoms with Crippen molar-refractivity contribution in [2.75, 3.05) is 0 Å². The summed E-state index contributed by atoms with van der Waals surface area (Å²) in [7, 11) is 0. The van der Waals surface area contributed by atoms with Crippen molar-refractivity contribution in [2.24, 2.45) is 0 Å². The maximum atomic E-state index is 13.6. The first-order valence-electron chi connectivity index (χ1n) is 6.30. The highest BCUT2D eigenvalue weighted by Crippen LogP contribution is 2.16. The van der Waals surface area contributed by atoms with E-state index in [9.17, 15) is 13.6 Å². The Hall–Kier alpha value is -1.97. The number of benzene rings is 1. The molecule has 0 radical (unpaired) electrons. The van der Waals surface area contributed by atoms with Gasteiger partial charge in [0.1, 0.15) is 11.6 Å². The van der Waals surface area contributed by atoms with Crippen molar-refractivity contribution < 1.29 is 8.78 Å². The molecule has 19 heavy (non-hydrogen) atoms. The molecule has 0 saturated heterocycles. The molecule has 98 valence electrons. The average Bonchev–Trinajstić information content (AvgIpc) is 2.86. The second kappa shape index (κ2) is 4.61. The van der Waals surface area contributed by atoms with Crippen LogP contribution in [0, 0.1) is 11.6 Å². The Morgan fingerprint density at radius 2 is 1.95 bits per heavy atom. The fourth-order valence-electron chi connectivity index (χ4n) is 2.56. The molecule has 0 saturated carbocycles. The van der Waals surface area contributed by atoms with E-state index in [1.54, 1.807) is 10.6 Å². The van der Waals surface area contributed by atoms with Crippen molar-refractivity contribution in [1.29, 1.82) is 0 Å². The third-order valence-corrected chi connectivity index (χ3v) is 3.55. The molecule has 4 heteroatoms. The highest BCUT2D eigenvalue weighted by atomic mass is 19.1. The summed E-state index contributed by atoms with van der Waals surface area (Å²) in [5, 5.41) is 0. The predicted octanol–water partition coefficient (Wildman–Crippen LogP) is 2.66. The van der Waals surface area contributed by atoms with Gasteiger partial charge < -0.3 is 4.57 Å². The van der Waals surface area contributed by atoms with Crippen LogP contribution in [0.5, 0.6) is 0 Å². The Morgan fingerprint density at radius 3 is 2.79 bits per heavy atom. The van der Waals surface area contributed by atoms with Gasteiger partial charge in [-0.25, -0.2) is 8.78 Å². The van der Waals surface area contributed by atoms with E-state index >= 15 is 0 Å². The predicted molar refractivity (Wildman–Crippen MR) is 68.2 cm³/mol. The molecule has 0 bridgehead atoms. The smallest absolute Gasteiger partial charge is 0.254 e. The molecular formula is C15H13F2NO. The third kappa shape index (κ3) is 2.18. The number of nitrogens with zero attached hydrogens (tertiary/aromatic N) is 1. The third-order valence-electron chi connectivity index (χ3n) is 3.55. The van der Waals surface area contributed by atoms with Crippen LogP contribution in [0.1, 0.15) is 23.2 Å². The molecule has 0 spiro atoms. The zero-order valence-electron chi connectivity index (χ0n) is 10.3. The Balaban J connectivity index is 2.00. The van der Waals surface area contributed by atoms with Crippen LogP contribution in [0.25, 0.3) is 0 Å². The van der Waals surface area contributed by atoms with Crippen molar-refractivity contribution >= 4 is 0 Å². The summed E-state index contributed by atoms with van der Waals surface area (Å²) < 4.78 is 28.4. The lowest BCUT2D eigenvalue weighted by atomic mass is 10.1. The molecule has 0 fully saturated rings. The van der Waals surface area contributed by atoms with Gasteiger partial charge in [-0.3, -0.25) is 4.79 Å². The number of rotatable bonds is 2. The first-order chi connectivity index (χ1) is 9.15. The number of hydrogen-bond acceptors (Lipinski definition) is 1. The normalized spacial score (nSPS) is 13.6. The molecule has 1 aliphatic heterocycles. The number of hydrogen-bond donors (Lipinski definition) is 0. The summed E-state index contributed by atoms with van der Waals surface area (Å²) in [5.41, 5.74) is 1.66. The van der Waals surface area contributed by atoms with Gasteiger partial charge in [-0.2, -0.15) is 0 Å². The minimum absolute atomic E-state index is 0.0846. The molecular weight excluding hydrogens is 248 g/mol. The van der Waals surface area contributed by atoms with Gasteiger partial charge in [0.15, 0.2) is 0 Å². The van der Waals surface area contributed by atoms with E-state index in [4.69, 9.17) is 0 Å². The van der Waals surface area contributed by atoms with Gasteiger partial charge in [-0.15, -0.1) is 0 Å². The number of fused-ring (bicyclic) bond motifs is 1. The molecule has 2 heterocycles. The van der Waals surface area contributed by atoms with Crippen molar-refractivity contribution in [3.05, 3.63) is 69.1 Å². The first kappa shape index (κ1) is 12.1. The van der Waals surface area contributed by atoms with E-state index in [1.165, 1.54) is 0 Å². The van der Waals surface area contributed by atoms with Crippen LogP contribution in [-0.4, -0.2) is 4.57 Å². The summed E-state index contributed by atoms with van der Waals surface area (Å²) in [6.45, 7) is 0.716. The lowest BCUT2D eigenvalue weighted by Gasteiger charge is -2.07. The van der Waals surface area contributed by atoms with Gasteiger partial charge in [0.2, 0.25) is 0 Å². The Bertz CT molecular complexity index is 691. The standard InChI is InChI=1S/C15H13F2NO/c16-12-4-6-14(17)11(9-12)8-10-3-5-13-2-1-7-18(13)15(10)19/h3-6,9H,1-2,7-8H2. The van der Waals surface area contributed by atoms with Gasteiger partial charge >= 0.3 is 0 Å². The second-order valence-corrected chi connectivity index (χ2v) is 4.82. The maximum absolute atomic E-state index is 13.6. The van der Waals surface area contributed by atoms with Crippen molar-refractivity contribution in [3.8, 4) is 0 Å². The fourth-order valence-corrected chi connectivity index (χ4v) is 2.56. The quantitative estimate of drug-likeness (QED) is 0.814. The largest absolute Gasteiger partial charge is 0.312 e. The first-order valence-corrected chi connectivity index (χ1v) is 6.30. The molecule has 1 aromatic heterocycles. The number of pyridine rings is 1. The SMILES string of the molecule is O=c1c(Cc2cc(F)ccc2F)ccc2n1CCC2. The van der Waals surface area contributed by atoms with Gasteiger partial charge in [-0.05, 0) is 42.7 Å². The Labute approximate surface area is 109 Å². The molecule has 0 amide bonds. The molecule has 0 atom stereocenters. The topological polar surface area (TPSA) is 22.0 Å². The summed E-state index contributed by atoms with van der Waals surface area (Å²) in [6, 6.07) is 6.95.